The number of nitrogens with one attached hydrogen (secondary N) is 1. The van der Waals surface area contributed by atoms with E-state index >= 15 is 0 Å². The number of amides is 1. The molecule has 1 N–H and O–H groups in total. The summed E-state index contributed by atoms with van der Waals surface area (Å²) in [5.41, 5.74) is 0.561. The third-order valence-corrected chi connectivity index (χ3v) is 3.70. The van der Waals surface area contributed by atoms with Gasteiger partial charge in [-0.25, -0.2) is 4.79 Å². The van der Waals surface area contributed by atoms with Crippen LogP contribution in [0, 0.1) is 0 Å². The van der Waals surface area contributed by atoms with E-state index in [4.69, 9.17) is 25.8 Å². The van der Waals surface area contributed by atoms with Crippen LogP contribution in [0.1, 0.15) is 20.3 Å². The number of carbonyl (C=O) groups excluding carboxylic acids is 2. The maximum Gasteiger partial charge on any atom is 0.344 e. The summed E-state index contributed by atoms with van der Waals surface area (Å²) in [4.78, 5) is 24.1. The monoisotopic (exact) mass is 391 g/mol. The molecule has 0 aliphatic heterocycles. The molecule has 0 saturated heterocycles. The zero-order chi connectivity index (χ0) is 19.6. The van der Waals surface area contributed by atoms with Crippen LogP contribution in [0.5, 0.6) is 11.5 Å². The van der Waals surface area contributed by atoms with Crippen molar-refractivity contribution in [2.75, 3.05) is 18.5 Å². The highest BCUT2D eigenvalue weighted by molar-refractivity contribution is 6.30. The molecule has 0 heterocycles. The molecule has 2 rings (SSSR count). The lowest BCUT2D eigenvalue weighted by atomic mass is 10.3. The van der Waals surface area contributed by atoms with Gasteiger partial charge in [0.25, 0.3) is 5.91 Å². The van der Waals surface area contributed by atoms with Gasteiger partial charge in [0.2, 0.25) is 0 Å². The number of hydrogen-bond acceptors (Lipinski definition) is 5. The van der Waals surface area contributed by atoms with Crippen molar-refractivity contribution < 1.29 is 23.8 Å². The fourth-order valence-corrected chi connectivity index (χ4v) is 2.23. The van der Waals surface area contributed by atoms with Crippen LogP contribution in [-0.4, -0.2) is 31.2 Å². The van der Waals surface area contributed by atoms with Crippen molar-refractivity contribution in [2.24, 2.45) is 0 Å². The summed E-state index contributed by atoms with van der Waals surface area (Å²) in [6.45, 7) is 3.70. The smallest absolute Gasteiger partial charge is 0.344 e. The summed E-state index contributed by atoms with van der Waals surface area (Å²) in [6.07, 6.45) is -0.111. The predicted molar refractivity (Wildman–Crippen MR) is 103 cm³/mol. The quantitative estimate of drug-likeness (QED) is 0.652. The average Bonchev–Trinajstić information content (AvgIpc) is 2.67. The van der Waals surface area contributed by atoms with Crippen LogP contribution in [-0.2, 0) is 14.3 Å². The zero-order valence-electron chi connectivity index (χ0n) is 15.2. The molecule has 0 radical (unpaired) electrons. The minimum Gasteiger partial charge on any atom is -0.490 e. The summed E-state index contributed by atoms with van der Waals surface area (Å²) in [5, 5.41) is 3.21. The van der Waals surface area contributed by atoms with Gasteiger partial charge in [-0.1, -0.05) is 30.7 Å². The molecule has 0 spiro atoms. The SMILES string of the molecule is CCCOc1ccccc1OCC(=O)O[C@H](C)C(=O)Nc1ccc(Cl)cc1. The maximum atomic E-state index is 12.1. The summed E-state index contributed by atoms with van der Waals surface area (Å²) in [7, 11) is 0. The third-order valence-electron chi connectivity index (χ3n) is 3.45. The first-order chi connectivity index (χ1) is 13.0. The molecular weight excluding hydrogens is 370 g/mol. The summed E-state index contributed by atoms with van der Waals surface area (Å²) in [5.74, 6) is -0.0988. The normalized spacial score (nSPS) is 11.4. The van der Waals surface area contributed by atoms with Crippen LogP contribution < -0.4 is 14.8 Å². The van der Waals surface area contributed by atoms with E-state index in [1.165, 1.54) is 6.92 Å². The fourth-order valence-electron chi connectivity index (χ4n) is 2.10. The van der Waals surface area contributed by atoms with E-state index < -0.39 is 18.0 Å². The topological polar surface area (TPSA) is 73.9 Å². The molecule has 0 fully saturated rings. The Morgan fingerprint density at radius 3 is 2.30 bits per heavy atom. The first kappa shape index (κ1) is 20.6. The molecule has 1 atom stereocenters. The summed E-state index contributed by atoms with van der Waals surface area (Å²) < 4.78 is 16.1. The number of halogens is 1. The molecule has 0 aliphatic rings. The third kappa shape index (κ3) is 6.83. The maximum absolute atomic E-state index is 12.1. The number of anilines is 1. The predicted octanol–water partition coefficient (Wildman–Crippen LogP) is 4.08. The minimum atomic E-state index is -0.969. The second-order valence-corrected chi connectivity index (χ2v) is 6.15. The molecule has 1 amide bonds. The number of rotatable bonds is 9. The van der Waals surface area contributed by atoms with Gasteiger partial charge in [-0.2, -0.15) is 0 Å². The van der Waals surface area contributed by atoms with Crippen molar-refractivity contribution in [3.05, 3.63) is 53.6 Å². The van der Waals surface area contributed by atoms with Gasteiger partial charge in [-0.15, -0.1) is 0 Å². The van der Waals surface area contributed by atoms with E-state index in [0.717, 1.165) is 6.42 Å². The first-order valence-corrected chi connectivity index (χ1v) is 8.98. The van der Waals surface area contributed by atoms with Crippen molar-refractivity contribution in [1.82, 2.24) is 0 Å². The Morgan fingerprint density at radius 2 is 1.67 bits per heavy atom. The highest BCUT2D eigenvalue weighted by atomic mass is 35.5. The standard InChI is InChI=1S/C20H22ClNO5/c1-3-12-25-17-6-4-5-7-18(17)26-13-19(23)27-14(2)20(24)22-16-10-8-15(21)9-11-16/h4-11,14H,3,12-13H2,1-2H3,(H,22,24)/t14-/m1/s1. The van der Waals surface area contributed by atoms with Crippen molar-refractivity contribution in [1.29, 1.82) is 0 Å². The highest BCUT2D eigenvalue weighted by Crippen LogP contribution is 2.26. The average molecular weight is 392 g/mol. The van der Waals surface area contributed by atoms with Crippen molar-refractivity contribution in [3.63, 3.8) is 0 Å². The van der Waals surface area contributed by atoms with E-state index in [1.807, 2.05) is 13.0 Å². The lowest BCUT2D eigenvalue weighted by Gasteiger charge is -2.15. The zero-order valence-corrected chi connectivity index (χ0v) is 16.0. The lowest BCUT2D eigenvalue weighted by molar-refractivity contribution is -0.155. The van der Waals surface area contributed by atoms with Crippen molar-refractivity contribution in [3.8, 4) is 11.5 Å². The molecule has 0 aromatic heterocycles. The molecule has 0 aliphatic carbocycles. The van der Waals surface area contributed by atoms with E-state index in [1.54, 1.807) is 42.5 Å². The van der Waals surface area contributed by atoms with Crippen molar-refractivity contribution >= 4 is 29.2 Å². The van der Waals surface area contributed by atoms with Crippen LogP contribution in [0.25, 0.3) is 0 Å². The molecule has 0 unspecified atom stereocenters. The van der Waals surface area contributed by atoms with Gasteiger partial charge in [0.05, 0.1) is 6.61 Å². The number of ether oxygens (including phenoxy) is 3. The Kier molecular flexibility index (Phi) is 7.95. The van der Waals surface area contributed by atoms with Crippen molar-refractivity contribution in [2.45, 2.75) is 26.4 Å². The van der Waals surface area contributed by atoms with Gasteiger partial charge in [0.1, 0.15) is 0 Å². The van der Waals surface area contributed by atoms with E-state index in [9.17, 15) is 9.59 Å². The minimum absolute atomic E-state index is 0.328. The van der Waals surface area contributed by atoms with Gasteiger partial charge in [0, 0.05) is 10.7 Å². The Hall–Kier alpha value is -2.73. The van der Waals surface area contributed by atoms with Gasteiger partial charge in [-0.05, 0) is 49.7 Å². The fraction of sp³-hybridized carbons (Fsp3) is 0.300. The molecule has 6 nitrogen and oxygen atoms in total. The highest BCUT2D eigenvalue weighted by Gasteiger charge is 2.18. The number of benzene rings is 2. The molecule has 2 aromatic rings. The molecular formula is C20H22ClNO5. The number of esters is 1. The number of hydrogen-bond donors (Lipinski definition) is 1. The summed E-state index contributed by atoms with van der Waals surface area (Å²) >= 11 is 5.80. The Bertz CT molecular complexity index is 763. The van der Waals surface area contributed by atoms with Crippen LogP contribution in [0.3, 0.4) is 0 Å². The van der Waals surface area contributed by atoms with Gasteiger partial charge in [-0.3, -0.25) is 4.79 Å². The largest absolute Gasteiger partial charge is 0.490 e. The Balaban J connectivity index is 1.82. The van der Waals surface area contributed by atoms with E-state index in [-0.39, 0.29) is 6.61 Å². The molecule has 7 heteroatoms. The van der Waals surface area contributed by atoms with Gasteiger partial charge >= 0.3 is 5.97 Å². The van der Waals surface area contributed by atoms with Gasteiger partial charge < -0.3 is 19.5 Å². The molecule has 144 valence electrons. The second kappa shape index (κ2) is 10.4. The molecule has 2 aromatic carbocycles. The Morgan fingerprint density at radius 1 is 1.04 bits per heavy atom. The molecule has 27 heavy (non-hydrogen) atoms. The molecule has 0 bridgehead atoms. The second-order valence-electron chi connectivity index (χ2n) is 5.71. The van der Waals surface area contributed by atoms with Crippen LogP contribution >= 0.6 is 11.6 Å². The Labute approximate surface area is 163 Å². The van der Waals surface area contributed by atoms with E-state index in [2.05, 4.69) is 5.32 Å². The number of para-hydroxylation sites is 2. The first-order valence-electron chi connectivity index (χ1n) is 8.60. The van der Waals surface area contributed by atoms with Gasteiger partial charge in [0.15, 0.2) is 24.2 Å². The van der Waals surface area contributed by atoms with Crippen LogP contribution in [0.15, 0.2) is 48.5 Å². The van der Waals surface area contributed by atoms with Crippen LogP contribution in [0.4, 0.5) is 5.69 Å². The van der Waals surface area contributed by atoms with E-state index in [0.29, 0.717) is 28.8 Å². The molecule has 0 saturated carbocycles. The summed E-state index contributed by atoms with van der Waals surface area (Å²) in [6, 6.07) is 13.7. The lowest BCUT2D eigenvalue weighted by Crippen LogP contribution is -2.31. The van der Waals surface area contributed by atoms with Crippen LogP contribution in [0.2, 0.25) is 5.02 Å². The number of carbonyl (C=O) groups is 2.